The van der Waals surface area contributed by atoms with Crippen LogP contribution in [0.2, 0.25) is 5.02 Å². The van der Waals surface area contributed by atoms with Crippen molar-refractivity contribution in [1.82, 2.24) is 0 Å². The molecular formula is C16H17ClO3. The average Bonchev–Trinajstić information content (AvgIpc) is 2.45. The summed E-state index contributed by atoms with van der Waals surface area (Å²) in [6.45, 7) is 2.52. The molecule has 0 amide bonds. The van der Waals surface area contributed by atoms with E-state index in [-0.39, 0.29) is 0 Å². The van der Waals surface area contributed by atoms with Gasteiger partial charge in [-0.25, -0.2) is 0 Å². The van der Waals surface area contributed by atoms with Gasteiger partial charge in [0.1, 0.15) is 24.7 Å². The van der Waals surface area contributed by atoms with E-state index in [1.54, 1.807) is 25.1 Å². The standard InChI is InChI=1S/C16H17ClO3/c1-12(18)15-11-13(17)7-8-16(15)20-10-9-19-14-5-3-2-4-6-14/h2-8,11-12,18H,9-10H2,1H3/t12-/m1/s1. The van der Waals surface area contributed by atoms with Gasteiger partial charge in [-0.2, -0.15) is 0 Å². The molecule has 2 rings (SSSR count). The van der Waals surface area contributed by atoms with Crippen molar-refractivity contribution in [3.05, 3.63) is 59.1 Å². The molecule has 1 atom stereocenters. The Morgan fingerprint density at radius 1 is 1.05 bits per heavy atom. The van der Waals surface area contributed by atoms with E-state index in [0.717, 1.165) is 5.75 Å². The van der Waals surface area contributed by atoms with E-state index in [9.17, 15) is 5.11 Å². The predicted octanol–water partition coefficient (Wildman–Crippen LogP) is 3.85. The van der Waals surface area contributed by atoms with Crippen molar-refractivity contribution in [3.8, 4) is 11.5 Å². The van der Waals surface area contributed by atoms with Crippen molar-refractivity contribution in [1.29, 1.82) is 0 Å². The zero-order chi connectivity index (χ0) is 14.4. The maximum atomic E-state index is 9.69. The van der Waals surface area contributed by atoms with Crippen LogP contribution in [-0.4, -0.2) is 18.3 Å². The molecule has 20 heavy (non-hydrogen) atoms. The molecule has 106 valence electrons. The van der Waals surface area contributed by atoms with Crippen LogP contribution in [0.15, 0.2) is 48.5 Å². The highest BCUT2D eigenvalue weighted by Crippen LogP contribution is 2.28. The Kier molecular flexibility index (Phi) is 5.27. The minimum absolute atomic E-state index is 0.399. The van der Waals surface area contributed by atoms with E-state index in [0.29, 0.717) is 29.5 Å². The van der Waals surface area contributed by atoms with Crippen LogP contribution < -0.4 is 9.47 Å². The van der Waals surface area contributed by atoms with Crippen LogP contribution in [-0.2, 0) is 0 Å². The predicted molar refractivity (Wildman–Crippen MR) is 79.5 cm³/mol. The Labute approximate surface area is 123 Å². The molecule has 2 aromatic carbocycles. The molecule has 0 bridgehead atoms. The van der Waals surface area contributed by atoms with Gasteiger partial charge in [0, 0.05) is 10.6 Å². The van der Waals surface area contributed by atoms with E-state index in [1.165, 1.54) is 0 Å². The lowest BCUT2D eigenvalue weighted by Gasteiger charge is -2.14. The van der Waals surface area contributed by atoms with Crippen molar-refractivity contribution in [2.24, 2.45) is 0 Å². The fourth-order valence-corrected chi connectivity index (χ4v) is 1.99. The van der Waals surface area contributed by atoms with Crippen LogP contribution in [0.4, 0.5) is 0 Å². The quantitative estimate of drug-likeness (QED) is 0.822. The number of para-hydroxylation sites is 1. The topological polar surface area (TPSA) is 38.7 Å². The van der Waals surface area contributed by atoms with Crippen molar-refractivity contribution in [2.75, 3.05) is 13.2 Å². The molecule has 4 heteroatoms. The first kappa shape index (κ1) is 14.7. The molecule has 0 spiro atoms. The fourth-order valence-electron chi connectivity index (χ4n) is 1.81. The number of aliphatic hydroxyl groups is 1. The van der Waals surface area contributed by atoms with Crippen LogP contribution in [0.3, 0.4) is 0 Å². The lowest BCUT2D eigenvalue weighted by atomic mass is 10.1. The van der Waals surface area contributed by atoms with Crippen molar-refractivity contribution < 1.29 is 14.6 Å². The Morgan fingerprint density at radius 3 is 2.45 bits per heavy atom. The third-order valence-electron chi connectivity index (χ3n) is 2.77. The number of hydrogen-bond acceptors (Lipinski definition) is 3. The van der Waals surface area contributed by atoms with Gasteiger partial charge in [0.25, 0.3) is 0 Å². The smallest absolute Gasteiger partial charge is 0.125 e. The van der Waals surface area contributed by atoms with Crippen molar-refractivity contribution in [3.63, 3.8) is 0 Å². The van der Waals surface area contributed by atoms with E-state index < -0.39 is 6.10 Å². The van der Waals surface area contributed by atoms with E-state index in [4.69, 9.17) is 21.1 Å². The maximum absolute atomic E-state index is 9.69. The van der Waals surface area contributed by atoms with Gasteiger partial charge >= 0.3 is 0 Å². The first-order chi connectivity index (χ1) is 9.66. The van der Waals surface area contributed by atoms with Crippen molar-refractivity contribution in [2.45, 2.75) is 13.0 Å². The summed E-state index contributed by atoms with van der Waals surface area (Å²) in [6, 6.07) is 14.8. The van der Waals surface area contributed by atoms with Crippen molar-refractivity contribution >= 4 is 11.6 Å². The van der Waals surface area contributed by atoms with Crippen LogP contribution >= 0.6 is 11.6 Å². The first-order valence-corrected chi connectivity index (χ1v) is 6.83. The molecule has 0 saturated heterocycles. The normalized spacial score (nSPS) is 11.9. The van der Waals surface area contributed by atoms with Gasteiger partial charge in [0.15, 0.2) is 0 Å². The van der Waals surface area contributed by atoms with Crippen LogP contribution in [0.5, 0.6) is 11.5 Å². The average molecular weight is 293 g/mol. The highest BCUT2D eigenvalue weighted by molar-refractivity contribution is 6.30. The lowest BCUT2D eigenvalue weighted by molar-refractivity contribution is 0.182. The van der Waals surface area contributed by atoms with E-state index >= 15 is 0 Å². The molecule has 1 N–H and O–H groups in total. The summed E-state index contributed by atoms with van der Waals surface area (Å²) in [5, 5.41) is 10.3. The number of ether oxygens (including phenoxy) is 2. The molecular weight excluding hydrogens is 276 g/mol. The third-order valence-corrected chi connectivity index (χ3v) is 3.01. The summed E-state index contributed by atoms with van der Waals surface area (Å²) in [4.78, 5) is 0. The van der Waals surface area contributed by atoms with Gasteiger partial charge in [0.2, 0.25) is 0 Å². The molecule has 0 heterocycles. The zero-order valence-corrected chi connectivity index (χ0v) is 12.0. The fraction of sp³-hybridized carbons (Fsp3) is 0.250. The summed E-state index contributed by atoms with van der Waals surface area (Å²) in [5.74, 6) is 1.43. The van der Waals surface area contributed by atoms with Gasteiger partial charge < -0.3 is 14.6 Å². The highest BCUT2D eigenvalue weighted by Gasteiger charge is 2.09. The third kappa shape index (κ3) is 4.15. The molecule has 0 saturated carbocycles. The molecule has 0 aliphatic carbocycles. The molecule has 0 aliphatic heterocycles. The Bertz CT molecular complexity index is 541. The van der Waals surface area contributed by atoms with Gasteiger partial charge in [0.05, 0.1) is 6.10 Å². The van der Waals surface area contributed by atoms with Gasteiger partial charge in [-0.3, -0.25) is 0 Å². The van der Waals surface area contributed by atoms with Crippen LogP contribution in [0.25, 0.3) is 0 Å². The zero-order valence-electron chi connectivity index (χ0n) is 11.3. The molecule has 0 fully saturated rings. The maximum Gasteiger partial charge on any atom is 0.125 e. The highest BCUT2D eigenvalue weighted by atomic mass is 35.5. The summed E-state index contributed by atoms with van der Waals surface area (Å²) in [7, 11) is 0. The minimum Gasteiger partial charge on any atom is -0.490 e. The SMILES string of the molecule is C[C@@H](O)c1cc(Cl)ccc1OCCOc1ccccc1. The first-order valence-electron chi connectivity index (χ1n) is 6.45. The summed E-state index contributed by atoms with van der Waals surface area (Å²) in [6.07, 6.45) is -0.626. The van der Waals surface area contributed by atoms with E-state index in [1.807, 2.05) is 30.3 Å². The van der Waals surface area contributed by atoms with Gasteiger partial charge in [-0.05, 0) is 37.3 Å². The number of rotatable bonds is 6. The Balaban J connectivity index is 1.88. The largest absolute Gasteiger partial charge is 0.490 e. The molecule has 3 nitrogen and oxygen atoms in total. The second kappa shape index (κ2) is 7.17. The van der Waals surface area contributed by atoms with Crippen LogP contribution in [0, 0.1) is 0 Å². The number of benzene rings is 2. The Morgan fingerprint density at radius 2 is 1.75 bits per heavy atom. The molecule has 0 aromatic heterocycles. The second-order valence-corrected chi connectivity index (χ2v) is 4.80. The minimum atomic E-state index is -0.626. The Hall–Kier alpha value is -1.71. The number of hydrogen-bond donors (Lipinski definition) is 1. The lowest BCUT2D eigenvalue weighted by Crippen LogP contribution is -2.10. The summed E-state index contributed by atoms with van der Waals surface area (Å²) < 4.78 is 11.2. The molecule has 0 aliphatic rings. The van der Waals surface area contributed by atoms with E-state index in [2.05, 4.69) is 0 Å². The molecule has 0 unspecified atom stereocenters. The number of halogens is 1. The summed E-state index contributed by atoms with van der Waals surface area (Å²) >= 11 is 5.91. The van der Waals surface area contributed by atoms with Crippen LogP contribution in [0.1, 0.15) is 18.6 Å². The molecule has 2 aromatic rings. The second-order valence-electron chi connectivity index (χ2n) is 4.37. The number of aliphatic hydroxyl groups excluding tert-OH is 1. The van der Waals surface area contributed by atoms with Gasteiger partial charge in [-0.1, -0.05) is 29.8 Å². The van der Waals surface area contributed by atoms with Gasteiger partial charge in [-0.15, -0.1) is 0 Å². The monoisotopic (exact) mass is 292 g/mol. The molecule has 0 radical (unpaired) electrons. The summed E-state index contributed by atoms with van der Waals surface area (Å²) in [5.41, 5.74) is 0.678.